The predicted molar refractivity (Wildman–Crippen MR) is 249 cm³/mol. The summed E-state index contributed by atoms with van der Waals surface area (Å²) in [6.07, 6.45) is 2.04. The van der Waals surface area contributed by atoms with E-state index >= 15 is 0 Å². The van der Waals surface area contributed by atoms with Crippen molar-refractivity contribution in [2.75, 3.05) is 0 Å². The molecule has 0 N–H and O–H groups in total. The van der Waals surface area contributed by atoms with Gasteiger partial charge < -0.3 is 14.4 Å². The minimum absolute atomic E-state index is 0. The second kappa shape index (κ2) is 17.0. The van der Waals surface area contributed by atoms with Gasteiger partial charge in [-0.1, -0.05) is 126 Å². The number of fused-ring (bicyclic) bond motifs is 5. The third kappa shape index (κ3) is 8.79. The van der Waals surface area contributed by atoms with Gasteiger partial charge in [0.2, 0.25) is 0 Å². The van der Waals surface area contributed by atoms with Gasteiger partial charge in [0, 0.05) is 46.0 Å². The van der Waals surface area contributed by atoms with Crippen molar-refractivity contribution in [1.82, 2.24) is 15.0 Å². The summed E-state index contributed by atoms with van der Waals surface area (Å²) in [6, 6.07) is 41.8. The molecule has 4 heterocycles. The van der Waals surface area contributed by atoms with Gasteiger partial charge in [-0.3, -0.25) is 0 Å². The Balaban J connectivity index is 0.000000231. The van der Waals surface area contributed by atoms with Gasteiger partial charge in [-0.15, -0.1) is 64.9 Å². The number of aromatic nitrogens is 3. The molecule has 0 aliphatic heterocycles. The molecule has 0 spiro atoms. The van der Waals surface area contributed by atoms with E-state index in [0.29, 0.717) is 16.8 Å². The summed E-state index contributed by atoms with van der Waals surface area (Å²) >= 11 is 1.71. The Kier molecular flexibility index (Phi) is 11.4. The largest absolute Gasteiger partial charge is 0.498 e. The summed E-state index contributed by atoms with van der Waals surface area (Å²) in [5.74, 6) is 0. The van der Waals surface area contributed by atoms with Crippen LogP contribution in [0.3, 0.4) is 0 Å². The number of hydrogen-bond acceptors (Lipinski definition) is 5. The first-order chi connectivity index (χ1) is 28.9. The normalized spacial score (nSPS) is 12.5. The molecule has 0 bridgehead atoms. The first-order valence-electron chi connectivity index (χ1n) is 21.2. The van der Waals surface area contributed by atoms with Crippen LogP contribution in [-0.2, 0) is 31.9 Å². The van der Waals surface area contributed by atoms with E-state index < -0.39 is 11.8 Å². The van der Waals surface area contributed by atoms with E-state index in [4.69, 9.17) is 17.1 Å². The maximum Gasteiger partial charge on any atom is 0.148 e. The van der Waals surface area contributed by atoms with Crippen LogP contribution in [0.25, 0.3) is 76.9 Å². The molecule has 0 saturated carbocycles. The minimum atomic E-state index is -1.61. The molecular weight excluding hydrogens is 931 g/mol. The van der Waals surface area contributed by atoms with Crippen LogP contribution in [0.4, 0.5) is 0 Å². The van der Waals surface area contributed by atoms with Crippen molar-refractivity contribution >= 4 is 43.5 Å². The SMILES string of the molecule is Cc1c[c-]c(-c2cc(-c3ccccc3)c(C)cn2)cc1.[2H]C([2H])(c1cnc(-c2[c-]ccc3c2oc2c3ccc3sc(C(C)(C)C)nc32)cc1-c1c(C)cccc1C)C(C)(C)C.[Ir]. The standard InChI is InChI=1S/C35H35N2OS.C19H16N.Ir/c1-20-11-9-12-21(2)29(20)26-17-27(36-19-22(26)18-34(3,4)5)25-14-10-13-23-24-15-16-28-30(32(24)38-31(23)25)37-33(39-28)35(6,7)8;1-14-8-10-17(11-9-14)19-12-18(15(2)13-20-19)16-6-4-3-5-7-16;/h9-13,15-17,19H,18H2,1-8H3;3-10,12-13H,1-2H3;/q2*-1;/i18D2;;. The molecule has 305 valence electrons. The number of benzene rings is 5. The van der Waals surface area contributed by atoms with Crippen LogP contribution < -0.4 is 0 Å². The fourth-order valence-electron chi connectivity index (χ4n) is 7.50. The zero-order chi connectivity index (χ0) is 43.4. The summed E-state index contributed by atoms with van der Waals surface area (Å²) in [4.78, 5) is 14.4. The van der Waals surface area contributed by atoms with E-state index in [9.17, 15) is 0 Å². The van der Waals surface area contributed by atoms with E-state index in [1.165, 1.54) is 22.3 Å². The Morgan fingerprint density at radius 2 is 1.40 bits per heavy atom. The summed E-state index contributed by atoms with van der Waals surface area (Å²) in [6.45, 7) is 20.7. The molecule has 4 nitrogen and oxygen atoms in total. The zero-order valence-electron chi connectivity index (χ0n) is 38.0. The van der Waals surface area contributed by atoms with Crippen molar-refractivity contribution in [3.8, 4) is 44.8 Å². The molecule has 0 aliphatic carbocycles. The smallest absolute Gasteiger partial charge is 0.148 e. The number of rotatable bonds is 5. The van der Waals surface area contributed by atoms with E-state index in [2.05, 4.69) is 132 Å². The van der Waals surface area contributed by atoms with Crippen LogP contribution in [-0.4, -0.2) is 15.0 Å². The molecule has 60 heavy (non-hydrogen) atoms. The maximum absolute atomic E-state index is 9.15. The monoisotopic (exact) mass is 984 g/mol. The summed E-state index contributed by atoms with van der Waals surface area (Å²) < 4.78 is 26.0. The van der Waals surface area contributed by atoms with Crippen molar-refractivity contribution in [1.29, 1.82) is 0 Å². The quantitative estimate of drug-likeness (QED) is 0.161. The second-order valence-corrected chi connectivity index (χ2v) is 18.6. The molecule has 9 aromatic rings. The van der Waals surface area contributed by atoms with Crippen LogP contribution in [0.5, 0.6) is 0 Å². The molecule has 0 saturated heterocycles. The molecule has 4 aromatic heterocycles. The van der Waals surface area contributed by atoms with Gasteiger partial charge in [-0.25, -0.2) is 4.98 Å². The molecule has 6 heteroatoms. The van der Waals surface area contributed by atoms with Gasteiger partial charge in [0.05, 0.1) is 15.3 Å². The van der Waals surface area contributed by atoms with Gasteiger partial charge in [0.1, 0.15) is 11.1 Å². The van der Waals surface area contributed by atoms with Crippen LogP contribution in [0.2, 0.25) is 0 Å². The number of furan rings is 1. The number of thiazole rings is 1. The fourth-order valence-corrected chi connectivity index (χ4v) is 8.53. The zero-order valence-corrected chi connectivity index (χ0v) is 39.2. The Labute approximate surface area is 375 Å². The van der Waals surface area contributed by atoms with Crippen molar-refractivity contribution in [2.45, 2.75) is 81.0 Å². The topological polar surface area (TPSA) is 51.8 Å². The summed E-state index contributed by atoms with van der Waals surface area (Å²) in [5, 5.41) is 3.09. The van der Waals surface area contributed by atoms with Crippen LogP contribution in [0.1, 0.15) is 77.1 Å². The van der Waals surface area contributed by atoms with Gasteiger partial charge in [0.15, 0.2) is 0 Å². The Bertz CT molecular complexity index is 3050. The van der Waals surface area contributed by atoms with Crippen molar-refractivity contribution in [2.24, 2.45) is 5.41 Å². The third-order valence-corrected chi connectivity index (χ3v) is 11.9. The summed E-state index contributed by atoms with van der Waals surface area (Å²) in [5.41, 5.74) is 14.7. The average Bonchev–Trinajstić information content (AvgIpc) is 3.84. The molecule has 1 radical (unpaired) electrons. The van der Waals surface area contributed by atoms with E-state index in [1.54, 1.807) is 17.5 Å². The number of pyridine rings is 2. The van der Waals surface area contributed by atoms with Crippen molar-refractivity contribution in [3.05, 3.63) is 160 Å². The van der Waals surface area contributed by atoms with Crippen molar-refractivity contribution in [3.63, 3.8) is 0 Å². The minimum Gasteiger partial charge on any atom is -0.498 e. The van der Waals surface area contributed by atoms with E-state index in [1.807, 2.05) is 63.4 Å². The molecule has 0 aliphatic rings. The first kappa shape index (κ1) is 40.2. The van der Waals surface area contributed by atoms with Gasteiger partial charge in [0.25, 0.3) is 0 Å². The van der Waals surface area contributed by atoms with E-state index in [-0.39, 0.29) is 25.5 Å². The Morgan fingerprint density at radius 3 is 2.08 bits per heavy atom. The van der Waals surface area contributed by atoms with Crippen LogP contribution in [0, 0.1) is 45.2 Å². The number of nitrogens with zero attached hydrogens (tertiary/aromatic N) is 3. The van der Waals surface area contributed by atoms with Crippen LogP contribution in [0.15, 0.2) is 120 Å². The maximum atomic E-state index is 9.15. The number of hydrogen-bond donors (Lipinski definition) is 0. The van der Waals surface area contributed by atoms with Crippen molar-refractivity contribution < 1.29 is 27.3 Å². The van der Waals surface area contributed by atoms with Gasteiger partial charge >= 0.3 is 0 Å². The van der Waals surface area contributed by atoms with Gasteiger partial charge in [-0.2, -0.15) is 0 Å². The Hall–Kier alpha value is -5.26. The van der Waals surface area contributed by atoms with Gasteiger partial charge in [-0.05, 0) is 94.5 Å². The molecule has 0 fully saturated rings. The van der Waals surface area contributed by atoms with Crippen LogP contribution >= 0.6 is 11.3 Å². The first-order valence-corrected chi connectivity index (χ1v) is 21.0. The molecule has 0 unspecified atom stereocenters. The third-order valence-electron chi connectivity index (χ3n) is 10.5. The molecule has 9 rings (SSSR count). The molecule has 0 atom stereocenters. The summed E-state index contributed by atoms with van der Waals surface area (Å²) in [7, 11) is 0. The predicted octanol–water partition coefficient (Wildman–Crippen LogP) is 15.1. The molecule has 5 aromatic carbocycles. The second-order valence-electron chi connectivity index (χ2n) is 17.5. The van der Waals surface area contributed by atoms with E-state index in [0.717, 1.165) is 70.7 Å². The fraction of sp³-hybridized carbons (Fsp3) is 0.241. The average molecular weight is 984 g/mol. The molecular formula is C54H51IrN3OS-2. The Morgan fingerprint density at radius 1 is 0.700 bits per heavy atom. The number of aryl methyl sites for hydroxylation is 4. The molecule has 0 amide bonds.